The molecule has 0 spiro atoms. The molecule has 0 bridgehead atoms. The van der Waals surface area contributed by atoms with Crippen molar-refractivity contribution in [1.29, 1.82) is 0 Å². The summed E-state index contributed by atoms with van der Waals surface area (Å²) < 4.78 is 0. The Balaban J connectivity index is 2.46. The number of hydrogen-bond acceptors (Lipinski definition) is 3. The van der Waals surface area contributed by atoms with E-state index in [2.05, 4.69) is 10.3 Å². The Hall–Kier alpha value is -1.52. The van der Waals surface area contributed by atoms with Crippen molar-refractivity contribution in [3.63, 3.8) is 0 Å². The predicted octanol–water partition coefficient (Wildman–Crippen LogP) is 0.173. The molecule has 2 rings (SSSR count). The predicted molar refractivity (Wildman–Crippen MR) is 49.0 cm³/mol. The third-order valence-electron chi connectivity index (χ3n) is 2.54. The highest BCUT2D eigenvalue weighted by atomic mass is 16.2. The molecule has 5 heteroatoms. The molecule has 70 valence electrons. The monoisotopic (exact) mass is 180 g/mol. The number of rotatable bonds is 0. The summed E-state index contributed by atoms with van der Waals surface area (Å²) >= 11 is 0. The van der Waals surface area contributed by atoms with E-state index in [4.69, 9.17) is 0 Å². The van der Waals surface area contributed by atoms with Crippen molar-refractivity contribution in [3.8, 4) is 0 Å². The number of likely N-dealkylation sites (N-methyl/N-ethyl adjacent to an activating group) is 1. The van der Waals surface area contributed by atoms with Gasteiger partial charge in [0.05, 0.1) is 12.0 Å². The summed E-state index contributed by atoms with van der Waals surface area (Å²) in [5.41, 5.74) is 1.93. The molecule has 0 fully saturated rings. The normalized spacial score (nSPS) is 26.7. The molecule has 13 heavy (non-hydrogen) atoms. The van der Waals surface area contributed by atoms with Gasteiger partial charge in [-0.15, -0.1) is 0 Å². The molecule has 1 unspecified atom stereocenters. The van der Waals surface area contributed by atoms with Crippen molar-refractivity contribution < 1.29 is 4.79 Å². The van der Waals surface area contributed by atoms with E-state index in [1.165, 1.54) is 0 Å². The Labute approximate surface area is 76.7 Å². The molecule has 0 aromatic heterocycles. The van der Waals surface area contributed by atoms with Gasteiger partial charge >= 0.3 is 6.03 Å². The molecule has 1 atom stereocenters. The van der Waals surface area contributed by atoms with Crippen LogP contribution in [0.3, 0.4) is 0 Å². The van der Waals surface area contributed by atoms with E-state index in [-0.39, 0.29) is 12.2 Å². The largest absolute Gasteiger partial charge is 0.345 e. The maximum atomic E-state index is 11.6. The van der Waals surface area contributed by atoms with Gasteiger partial charge in [-0.3, -0.25) is 9.80 Å². The van der Waals surface area contributed by atoms with Crippen LogP contribution >= 0.6 is 0 Å². The third-order valence-corrected chi connectivity index (χ3v) is 2.54. The van der Waals surface area contributed by atoms with Gasteiger partial charge in [-0.1, -0.05) is 0 Å². The number of nitrogens with one attached hydrogen (secondary N) is 1. The molecule has 2 aliphatic heterocycles. The molecule has 0 aromatic rings. The molecule has 0 saturated carbocycles. The highest BCUT2D eigenvalue weighted by Gasteiger charge is 2.35. The second kappa shape index (κ2) is 2.48. The van der Waals surface area contributed by atoms with Gasteiger partial charge in [0.25, 0.3) is 0 Å². The van der Waals surface area contributed by atoms with Crippen molar-refractivity contribution in [2.75, 3.05) is 14.1 Å². The van der Waals surface area contributed by atoms with Crippen LogP contribution in [0.4, 0.5) is 4.79 Å². The maximum absolute atomic E-state index is 11.6. The van der Waals surface area contributed by atoms with Crippen molar-refractivity contribution in [2.45, 2.75) is 13.1 Å². The molecule has 0 saturated heterocycles. The van der Waals surface area contributed by atoms with E-state index in [9.17, 15) is 4.79 Å². The van der Waals surface area contributed by atoms with Gasteiger partial charge < -0.3 is 5.32 Å². The summed E-state index contributed by atoms with van der Waals surface area (Å²) in [4.78, 5) is 19.0. The quantitative estimate of drug-likeness (QED) is 0.577. The van der Waals surface area contributed by atoms with Crippen LogP contribution in [0.5, 0.6) is 0 Å². The van der Waals surface area contributed by atoms with Gasteiger partial charge in [-0.25, -0.2) is 9.79 Å². The van der Waals surface area contributed by atoms with Crippen molar-refractivity contribution >= 4 is 12.4 Å². The van der Waals surface area contributed by atoms with Crippen LogP contribution in [-0.4, -0.2) is 42.4 Å². The Bertz CT molecular complexity index is 320. The van der Waals surface area contributed by atoms with Crippen LogP contribution in [0.25, 0.3) is 0 Å². The van der Waals surface area contributed by atoms with Crippen molar-refractivity contribution in [2.24, 2.45) is 4.99 Å². The molecule has 1 N–H and O–H groups in total. The highest BCUT2D eigenvalue weighted by molar-refractivity contribution is 5.80. The van der Waals surface area contributed by atoms with Gasteiger partial charge in [-0.05, 0) is 6.92 Å². The number of urea groups is 1. The van der Waals surface area contributed by atoms with E-state index in [1.54, 1.807) is 30.2 Å². The minimum atomic E-state index is -0.149. The van der Waals surface area contributed by atoms with E-state index in [1.807, 2.05) is 6.92 Å². The van der Waals surface area contributed by atoms with Crippen LogP contribution in [0.15, 0.2) is 16.4 Å². The molecule has 0 aliphatic carbocycles. The first kappa shape index (κ1) is 8.10. The smallest absolute Gasteiger partial charge is 0.325 e. The number of carbonyl (C=O) groups excluding carboxylic acids is 1. The van der Waals surface area contributed by atoms with Crippen molar-refractivity contribution in [3.05, 3.63) is 11.4 Å². The van der Waals surface area contributed by atoms with E-state index < -0.39 is 0 Å². The Morgan fingerprint density at radius 3 is 2.92 bits per heavy atom. The minimum absolute atomic E-state index is 0.0212. The number of hydrogen-bond donors (Lipinski definition) is 1. The first-order chi connectivity index (χ1) is 6.13. The van der Waals surface area contributed by atoms with E-state index in [0.29, 0.717) is 0 Å². The molecule has 0 radical (unpaired) electrons. The second-order valence-corrected chi connectivity index (χ2v) is 3.25. The number of amides is 2. The molecule has 5 nitrogen and oxygen atoms in total. The van der Waals surface area contributed by atoms with Crippen LogP contribution in [0.2, 0.25) is 0 Å². The average molecular weight is 180 g/mol. The summed E-state index contributed by atoms with van der Waals surface area (Å²) in [6.45, 7) is 1.91. The molecular weight excluding hydrogens is 168 g/mol. The first-order valence-corrected chi connectivity index (χ1v) is 4.12. The zero-order valence-corrected chi connectivity index (χ0v) is 7.90. The van der Waals surface area contributed by atoms with Crippen molar-refractivity contribution in [1.82, 2.24) is 15.1 Å². The molecule has 2 heterocycles. The fraction of sp³-hybridized carbons (Fsp3) is 0.500. The lowest BCUT2D eigenvalue weighted by atomic mass is 10.2. The Morgan fingerprint density at radius 1 is 1.54 bits per heavy atom. The van der Waals surface area contributed by atoms with Gasteiger partial charge in [0, 0.05) is 19.8 Å². The van der Waals surface area contributed by atoms with E-state index >= 15 is 0 Å². The topological polar surface area (TPSA) is 47.9 Å². The number of carbonyl (C=O) groups is 1. The zero-order chi connectivity index (χ0) is 9.59. The number of allylic oxidation sites excluding steroid dienone is 1. The SMILES string of the molecule is CC1=C2NC=NC2N(C)C(=O)N1C. The summed E-state index contributed by atoms with van der Waals surface area (Å²) in [6, 6.07) is -0.0212. The summed E-state index contributed by atoms with van der Waals surface area (Å²) in [7, 11) is 3.51. The minimum Gasteiger partial charge on any atom is -0.345 e. The lowest BCUT2D eigenvalue weighted by Gasteiger charge is -2.35. The first-order valence-electron chi connectivity index (χ1n) is 4.12. The highest BCUT2D eigenvalue weighted by Crippen LogP contribution is 2.24. The third kappa shape index (κ3) is 0.929. The lowest BCUT2D eigenvalue weighted by Crippen LogP contribution is -2.49. The summed E-state index contributed by atoms with van der Waals surface area (Å²) in [5.74, 6) is 0. The van der Waals surface area contributed by atoms with Gasteiger partial charge in [0.1, 0.15) is 0 Å². The fourth-order valence-electron chi connectivity index (χ4n) is 1.58. The maximum Gasteiger partial charge on any atom is 0.325 e. The second-order valence-electron chi connectivity index (χ2n) is 3.25. The number of fused-ring (bicyclic) bond motifs is 1. The van der Waals surface area contributed by atoms with Crippen LogP contribution < -0.4 is 5.32 Å². The molecule has 0 aromatic carbocycles. The van der Waals surface area contributed by atoms with Crippen LogP contribution in [0.1, 0.15) is 6.92 Å². The molecular formula is C8H12N4O. The van der Waals surface area contributed by atoms with Gasteiger partial charge in [-0.2, -0.15) is 0 Å². The van der Waals surface area contributed by atoms with Crippen LogP contribution in [0, 0.1) is 0 Å². The molecule has 2 aliphatic rings. The molecule has 2 amide bonds. The number of nitrogens with zero attached hydrogens (tertiary/aromatic N) is 3. The summed E-state index contributed by atoms with van der Waals surface area (Å²) in [6.07, 6.45) is 1.48. The summed E-state index contributed by atoms with van der Waals surface area (Å²) in [5, 5.41) is 3.04. The van der Waals surface area contributed by atoms with Crippen LogP contribution in [-0.2, 0) is 0 Å². The zero-order valence-electron chi connectivity index (χ0n) is 7.90. The van der Waals surface area contributed by atoms with E-state index in [0.717, 1.165) is 11.4 Å². The lowest BCUT2D eigenvalue weighted by molar-refractivity contribution is 0.163. The van der Waals surface area contributed by atoms with Gasteiger partial charge in [0.2, 0.25) is 0 Å². The fourth-order valence-corrected chi connectivity index (χ4v) is 1.58. The Kier molecular flexibility index (Phi) is 1.55. The van der Waals surface area contributed by atoms with Gasteiger partial charge in [0.15, 0.2) is 6.17 Å². The average Bonchev–Trinajstić information content (AvgIpc) is 2.59. The number of aliphatic imine (C=N–C) groups is 1. The Morgan fingerprint density at radius 2 is 2.23 bits per heavy atom. The standard InChI is InChI=1S/C8H12N4O/c1-5-6-7(10-4-9-6)12(3)8(13)11(5)2/h4,7H,1-3H3,(H,9,10).